The maximum Gasteiger partial charge on any atom is 0.433 e. The minimum Gasteiger partial charge on any atom is -0.448 e. The molecule has 0 bridgehead atoms. The molecule has 3 aromatic rings. The van der Waals surface area contributed by atoms with Crippen molar-refractivity contribution in [1.82, 2.24) is 9.78 Å². The molecule has 0 atom stereocenters. The first-order valence-electron chi connectivity index (χ1n) is 7.14. The van der Waals surface area contributed by atoms with Crippen LogP contribution in [0, 0.1) is 0 Å². The molecule has 0 amide bonds. The lowest BCUT2D eigenvalue weighted by molar-refractivity contribution is 0.151. The third-order valence-electron chi connectivity index (χ3n) is 3.47. The van der Waals surface area contributed by atoms with Crippen LogP contribution < -0.4 is 11.0 Å². The summed E-state index contributed by atoms with van der Waals surface area (Å²) in [6.07, 6.45) is -0.736. The highest BCUT2D eigenvalue weighted by Gasteiger charge is 2.16. The summed E-state index contributed by atoms with van der Waals surface area (Å²) in [6, 6.07) is 14.3. The molecule has 0 aliphatic carbocycles. The molecule has 2 aromatic carbocycles. The normalized spacial score (nSPS) is 10.7. The molecule has 116 valence electrons. The lowest BCUT2D eigenvalue weighted by Crippen LogP contribution is -2.34. The summed E-state index contributed by atoms with van der Waals surface area (Å²) in [6.45, 7) is 1.82. The van der Waals surface area contributed by atoms with Crippen molar-refractivity contribution in [3.05, 3.63) is 69.1 Å². The number of hydrogen-bond donors (Lipinski definition) is 1. The Morgan fingerprint density at radius 2 is 1.83 bits per heavy atom. The van der Waals surface area contributed by atoms with Gasteiger partial charge in [-0.3, -0.25) is 14.7 Å². The summed E-state index contributed by atoms with van der Waals surface area (Å²) in [5.41, 5.74) is 0.136. The Labute approximate surface area is 130 Å². The molecular weight excluding hydrogens is 296 g/mol. The second kappa shape index (κ2) is 5.92. The smallest absolute Gasteiger partial charge is 0.433 e. The van der Waals surface area contributed by atoms with E-state index in [4.69, 9.17) is 4.74 Å². The molecule has 0 aliphatic heterocycles. The summed E-state index contributed by atoms with van der Waals surface area (Å²) in [7, 11) is 0. The summed E-state index contributed by atoms with van der Waals surface area (Å²) in [5.74, 6) is 0. The standard InChI is InChI=1S/C17H14N2O4/c1-2-23-17(22)19-13-10-6-9-12(11-7-4-3-5-8-11)14(13)15(20)16(21)18-19/h3-10H,2H2,1H3,(H,18,21). The molecule has 0 unspecified atom stereocenters. The molecule has 0 radical (unpaired) electrons. The van der Waals surface area contributed by atoms with Gasteiger partial charge in [0.25, 0.3) is 5.43 Å². The summed E-state index contributed by atoms with van der Waals surface area (Å²) in [4.78, 5) is 36.3. The molecule has 0 spiro atoms. The van der Waals surface area contributed by atoms with Gasteiger partial charge in [-0.15, -0.1) is 0 Å². The molecule has 0 aliphatic rings. The van der Waals surface area contributed by atoms with Crippen LogP contribution in [0.15, 0.2) is 58.1 Å². The van der Waals surface area contributed by atoms with E-state index in [-0.39, 0.29) is 12.0 Å². The predicted molar refractivity (Wildman–Crippen MR) is 86.7 cm³/mol. The van der Waals surface area contributed by atoms with Gasteiger partial charge in [0.2, 0.25) is 0 Å². The Balaban J connectivity index is 2.40. The van der Waals surface area contributed by atoms with Gasteiger partial charge >= 0.3 is 11.7 Å². The Morgan fingerprint density at radius 1 is 1.09 bits per heavy atom. The minimum atomic E-state index is -0.867. The van der Waals surface area contributed by atoms with Crippen LogP contribution in [0.5, 0.6) is 0 Å². The van der Waals surface area contributed by atoms with Crippen LogP contribution in [0.25, 0.3) is 22.0 Å². The molecular formula is C17H14N2O4. The summed E-state index contributed by atoms with van der Waals surface area (Å²) < 4.78 is 5.90. The largest absolute Gasteiger partial charge is 0.448 e. The fraction of sp³-hybridized carbons (Fsp3) is 0.118. The van der Waals surface area contributed by atoms with Crippen LogP contribution >= 0.6 is 0 Å². The molecule has 0 saturated carbocycles. The number of carbonyl (C=O) groups is 1. The van der Waals surface area contributed by atoms with Crippen molar-refractivity contribution in [3.63, 3.8) is 0 Å². The van der Waals surface area contributed by atoms with Crippen LogP contribution in [0.1, 0.15) is 6.92 Å². The number of hydrogen-bond acceptors (Lipinski definition) is 4. The second-order valence-electron chi connectivity index (χ2n) is 4.87. The number of ether oxygens (including phenoxy) is 1. The quantitative estimate of drug-likeness (QED) is 0.737. The molecule has 3 rings (SSSR count). The SMILES string of the molecule is CCOC(=O)n1[nH]c(=O)c(=O)c2c(-c3ccccc3)cccc21. The van der Waals surface area contributed by atoms with E-state index in [0.29, 0.717) is 11.1 Å². The fourth-order valence-electron chi connectivity index (χ4n) is 2.48. The molecule has 1 heterocycles. The zero-order valence-electron chi connectivity index (χ0n) is 12.4. The Morgan fingerprint density at radius 3 is 2.52 bits per heavy atom. The zero-order chi connectivity index (χ0) is 16.4. The van der Waals surface area contributed by atoms with Gasteiger partial charge in [-0.2, -0.15) is 4.68 Å². The highest BCUT2D eigenvalue weighted by atomic mass is 16.5. The average Bonchev–Trinajstić information content (AvgIpc) is 2.58. The summed E-state index contributed by atoms with van der Waals surface area (Å²) >= 11 is 0. The maximum atomic E-state index is 12.3. The van der Waals surface area contributed by atoms with Gasteiger partial charge in [-0.05, 0) is 24.1 Å². The number of aromatic amines is 1. The van der Waals surface area contributed by atoms with E-state index in [1.54, 1.807) is 25.1 Å². The third kappa shape index (κ3) is 2.55. The monoisotopic (exact) mass is 310 g/mol. The lowest BCUT2D eigenvalue weighted by Gasteiger charge is -2.11. The minimum absolute atomic E-state index is 0.160. The van der Waals surface area contributed by atoms with Crippen molar-refractivity contribution < 1.29 is 9.53 Å². The van der Waals surface area contributed by atoms with Crippen molar-refractivity contribution in [1.29, 1.82) is 0 Å². The summed E-state index contributed by atoms with van der Waals surface area (Å²) in [5, 5.41) is 2.45. The van der Waals surface area contributed by atoms with E-state index in [9.17, 15) is 14.4 Å². The van der Waals surface area contributed by atoms with Gasteiger partial charge in [0.15, 0.2) is 0 Å². The third-order valence-corrected chi connectivity index (χ3v) is 3.47. The van der Waals surface area contributed by atoms with Gasteiger partial charge in [0.1, 0.15) is 0 Å². The molecule has 1 aromatic heterocycles. The fourth-order valence-corrected chi connectivity index (χ4v) is 2.48. The molecule has 23 heavy (non-hydrogen) atoms. The Hall–Kier alpha value is -3.15. The van der Waals surface area contributed by atoms with E-state index in [1.807, 2.05) is 30.3 Å². The van der Waals surface area contributed by atoms with Crippen LogP contribution in [-0.4, -0.2) is 22.5 Å². The van der Waals surface area contributed by atoms with Crippen molar-refractivity contribution in [3.8, 4) is 11.1 Å². The van der Waals surface area contributed by atoms with Crippen molar-refractivity contribution in [2.75, 3.05) is 6.61 Å². The average molecular weight is 310 g/mol. The molecule has 1 N–H and O–H groups in total. The van der Waals surface area contributed by atoms with E-state index in [0.717, 1.165) is 10.2 Å². The molecule has 6 heteroatoms. The molecule has 0 saturated heterocycles. The van der Waals surface area contributed by atoms with Crippen molar-refractivity contribution >= 4 is 17.0 Å². The van der Waals surface area contributed by atoms with Gasteiger partial charge in [0.05, 0.1) is 17.5 Å². The van der Waals surface area contributed by atoms with Crippen LogP contribution in [-0.2, 0) is 4.74 Å². The number of fused-ring (bicyclic) bond motifs is 1. The maximum absolute atomic E-state index is 12.3. The Kier molecular flexibility index (Phi) is 3.80. The number of carbonyl (C=O) groups excluding carboxylic acids is 1. The second-order valence-corrected chi connectivity index (χ2v) is 4.87. The number of rotatable bonds is 2. The van der Waals surface area contributed by atoms with E-state index in [2.05, 4.69) is 5.10 Å². The number of benzene rings is 2. The number of aromatic nitrogens is 2. The topological polar surface area (TPSA) is 81.2 Å². The van der Waals surface area contributed by atoms with Gasteiger partial charge in [-0.1, -0.05) is 42.5 Å². The first-order valence-corrected chi connectivity index (χ1v) is 7.14. The lowest BCUT2D eigenvalue weighted by atomic mass is 10.0. The number of nitrogens with zero attached hydrogens (tertiary/aromatic N) is 1. The highest BCUT2D eigenvalue weighted by Crippen LogP contribution is 2.25. The first kappa shape index (κ1) is 14.8. The number of H-pyrrole nitrogens is 1. The Bertz CT molecular complexity index is 987. The first-order chi connectivity index (χ1) is 11.1. The predicted octanol–water partition coefficient (Wildman–Crippen LogP) is 2.36. The number of nitrogens with one attached hydrogen (secondary N) is 1. The van der Waals surface area contributed by atoms with E-state index in [1.165, 1.54) is 0 Å². The van der Waals surface area contributed by atoms with Gasteiger partial charge in [0, 0.05) is 0 Å². The van der Waals surface area contributed by atoms with Crippen LogP contribution in [0.2, 0.25) is 0 Å². The zero-order valence-corrected chi connectivity index (χ0v) is 12.4. The van der Waals surface area contributed by atoms with Crippen LogP contribution in [0.3, 0.4) is 0 Å². The van der Waals surface area contributed by atoms with Crippen molar-refractivity contribution in [2.45, 2.75) is 6.92 Å². The van der Waals surface area contributed by atoms with E-state index < -0.39 is 17.1 Å². The molecule has 0 fully saturated rings. The van der Waals surface area contributed by atoms with Gasteiger partial charge < -0.3 is 4.74 Å². The van der Waals surface area contributed by atoms with Crippen LogP contribution in [0.4, 0.5) is 4.79 Å². The molecule has 6 nitrogen and oxygen atoms in total. The van der Waals surface area contributed by atoms with Crippen molar-refractivity contribution in [2.24, 2.45) is 0 Å². The van der Waals surface area contributed by atoms with Gasteiger partial charge in [-0.25, -0.2) is 4.79 Å². The highest BCUT2D eigenvalue weighted by molar-refractivity contribution is 5.97. The van der Waals surface area contributed by atoms with E-state index >= 15 is 0 Å².